The zero-order valence-corrected chi connectivity index (χ0v) is 13.8. The van der Waals surface area contributed by atoms with E-state index in [1.165, 1.54) is 24.1 Å². The van der Waals surface area contributed by atoms with E-state index in [4.69, 9.17) is 9.47 Å². The lowest BCUT2D eigenvalue weighted by atomic mass is 10.1. The van der Waals surface area contributed by atoms with Crippen LogP contribution in [0.4, 0.5) is 4.39 Å². The smallest absolute Gasteiger partial charge is 0.338 e. The highest BCUT2D eigenvalue weighted by Gasteiger charge is 2.12. The molecule has 2 heterocycles. The topological polar surface area (TPSA) is 66.2 Å². The zero-order chi connectivity index (χ0) is 17.8. The van der Waals surface area contributed by atoms with E-state index in [0.29, 0.717) is 28.4 Å². The third-order valence-corrected chi connectivity index (χ3v) is 3.61. The van der Waals surface area contributed by atoms with Crippen LogP contribution >= 0.6 is 0 Å². The number of methoxy groups -OCH3 is 1. The molecule has 128 valence electrons. The Hall–Kier alpha value is -3.22. The molecule has 0 saturated heterocycles. The van der Waals surface area contributed by atoms with Gasteiger partial charge in [-0.3, -0.25) is 0 Å². The zero-order valence-electron chi connectivity index (χ0n) is 13.8. The molecule has 0 saturated carbocycles. The first-order valence-corrected chi connectivity index (χ1v) is 7.55. The van der Waals surface area contributed by atoms with Crippen molar-refractivity contribution >= 4 is 5.97 Å². The summed E-state index contributed by atoms with van der Waals surface area (Å²) < 4.78 is 25.5. The number of ether oxygens (including phenoxy) is 2. The number of hydrogen-bond acceptors (Lipinski definition) is 5. The molecule has 2 aromatic heterocycles. The summed E-state index contributed by atoms with van der Waals surface area (Å²) in [5, 5.41) is 4.16. The van der Waals surface area contributed by atoms with Gasteiger partial charge < -0.3 is 9.47 Å². The van der Waals surface area contributed by atoms with E-state index in [9.17, 15) is 9.18 Å². The first kappa shape index (κ1) is 16.6. The summed E-state index contributed by atoms with van der Waals surface area (Å²) in [6, 6.07) is 9.71. The average molecular weight is 341 g/mol. The molecule has 0 aliphatic rings. The third kappa shape index (κ3) is 3.65. The molecule has 3 rings (SSSR count). The van der Waals surface area contributed by atoms with Gasteiger partial charge in [-0.25, -0.2) is 14.2 Å². The van der Waals surface area contributed by atoms with Crippen molar-refractivity contribution in [2.75, 3.05) is 7.11 Å². The van der Waals surface area contributed by atoms with E-state index < -0.39 is 5.97 Å². The van der Waals surface area contributed by atoms with Crippen LogP contribution in [0.3, 0.4) is 0 Å². The fraction of sp³-hybridized carbons (Fsp3) is 0.167. The number of aromatic nitrogens is 3. The lowest BCUT2D eigenvalue weighted by Crippen LogP contribution is -2.07. The Morgan fingerprint density at radius 1 is 1.20 bits per heavy atom. The second-order valence-corrected chi connectivity index (χ2v) is 5.35. The van der Waals surface area contributed by atoms with E-state index >= 15 is 0 Å². The Morgan fingerprint density at radius 2 is 2.04 bits per heavy atom. The lowest BCUT2D eigenvalue weighted by Gasteiger charge is -2.10. The van der Waals surface area contributed by atoms with Crippen molar-refractivity contribution in [2.45, 2.75) is 13.5 Å². The summed E-state index contributed by atoms with van der Waals surface area (Å²) in [5.74, 6) is 0.101. The van der Waals surface area contributed by atoms with Gasteiger partial charge in [0.25, 0.3) is 0 Å². The van der Waals surface area contributed by atoms with Gasteiger partial charge in [-0.15, -0.1) is 0 Å². The molecular formula is C18H16FN3O3. The quantitative estimate of drug-likeness (QED) is 0.667. The van der Waals surface area contributed by atoms with Gasteiger partial charge in [-0.1, -0.05) is 12.1 Å². The molecule has 0 spiro atoms. The van der Waals surface area contributed by atoms with Crippen molar-refractivity contribution in [3.63, 3.8) is 0 Å². The average Bonchev–Trinajstić information content (AvgIpc) is 3.10. The molecule has 0 radical (unpaired) electrons. The number of aryl methyl sites for hydroxylation is 1. The molecule has 25 heavy (non-hydrogen) atoms. The van der Waals surface area contributed by atoms with E-state index in [1.807, 2.05) is 0 Å². The SMILES string of the molecule is COC(=O)c1ccnc(-n2nccc2OCc2ccc(C)c(F)c2)c1. The van der Waals surface area contributed by atoms with Crippen LogP contribution in [0.15, 0.2) is 48.8 Å². The molecule has 0 N–H and O–H groups in total. The maximum Gasteiger partial charge on any atom is 0.338 e. The van der Waals surface area contributed by atoms with Crippen LogP contribution in [0.25, 0.3) is 5.82 Å². The Bertz CT molecular complexity index is 908. The van der Waals surface area contributed by atoms with Crippen LogP contribution in [0.1, 0.15) is 21.5 Å². The number of halogens is 1. The van der Waals surface area contributed by atoms with Gasteiger partial charge in [0, 0.05) is 12.3 Å². The standard InChI is InChI=1S/C18H16FN3O3/c1-12-3-4-13(9-15(12)19)11-25-17-6-8-21-22(17)16-10-14(5-7-20-16)18(23)24-2/h3-10H,11H2,1-2H3. The molecule has 3 aromatic rings. The fourth-order valence-electron chi connectivity index (χ4n) is 2.24. The Labute approximate surface area is 143 Å². The van der Waals surface area contributed by atoms with Gasteiger partial charge in [0.1, 0.15) is 12.4 Å². The molecule has 7 heteroatoms. The largest absolute Gasteiger partial charge is 0.473 e. The summed E-state index contributed by atoms with van der Waals surface area (Å²) in [7, 11) is 1.31. The lowest BCUT2D eigenvalue weighted by molar-refractivity contribution is 0.0600. The van der Waals surface area contributed by atoms with Crippen molar-refractivity contribution in [1.29, 1.82) is 0 Å². The summed E-state index contributed by atoms with van der Waals surface area (Å²) >= 11 is 0. The molecule has 6 nitrogen and oxygen atoms in total. The second-order valence-electron chi connectivity index (χ2n) is 5.35. The first-order valence-electron chi connectivity index (χ1n) is 7.55. The maximum atomic E-state index is 13.6. The van der Waals surface area contributed by atoms with Gasteiger partial charge >= 0.3 is 5.97 Å². The highest BCUT2D eigenvalue weighted by Crippen LogP contribution is 2.18. The molecule has 0 bridgehead atoms. The number of benzene rings is 1. The van der Waals surface area contributed by atoms with Crippen molar-refractivity contribution < 1.29 is 18.7 Å². The molecule has 0 unspecified atom stereocenters. The van der Waals surface area contributed by atoms with E-state index in [-0.39, 0.29) is 12.4 Å². The number of nitrogens with zero attached hydrogens (tertiary/aromatic N) is 3. The second kappa shape index (κ2) is 7.12. The number of esters is 1. The van der Waals surface area contributed by atoms with Crippen LogP contribution in [0.2, 0.25) is 0 Å². The Balaban J connectivity index is 1.81. The van der Waals surface area contributed by atoms with E-state index in [1.54, 1.807) is 43.5 Å². The Morgan fingerprint density at radius 3 is 2.80 bits per heavy atom. The van der Waals surface area contributed by atoms with Crippen LogP contribution in [-0.2, 0) is 11.3 Å². The van der Waals surface area contributed by atoms with Crippen molar-refractivity contribution in [1.82, 2.24) is 14.8 Å². The normalized spacial score (nSPS) is 10.5. The van der Waals surface area contributed by atoms with Gasteiger partial charge in [-0.05, 0) is 36.2 Å². The predicted molar refractivity (Wildman–Crippen MR) is 88.2 cm³/mol. The molecule has 1 aromatic carbocycles. The van der Waals surface area contributed by atoms with E-state index in [0.717, 1.165) is 0 Å². The molecule has 0 aliphatic carbocycles. The number of carbonyl (C=O) groups excluding carboxylic acids is 1. The van der Waals surface area contributed by atoms with E-state index in [2.05, 4.69) is 10.1 Å². The van der Waals surface area contributed by atoms with Gasteiger partial charge in [-0.2, -0.15) is 9.78 Å². The third-order valence-electron chi connectivity index (χ3n) is 3.61. The minimum Gasteiger partial charge on any atom is -0.473 e. The van der Waals surface area contributed by atoms with Gasteiger partial charge in [0.2, 0.25) is 5.88 Å². The first-order chi connectivity index (χ1) is 12.1. The minimum absolute atomic E-state index is 0.180. The number of rotatable bonds is 5. The minimum atomic E-state index is -0.464. The number of pyridine rings is 1. The number of carbonyl (C=O) groups is 1. The molecule has 0 atom stereocenters. The highest BCUT2D eigenvalue weighted by molar-refractivity contribution is 5.89. The monoisotopic (exact) mass is 341 g/mol. The maximum absolute atomic E-state index is 13.6. The van der Waals surface area contributed by atoms with Crippen LogP contribution in [0, 0.1) is 12.7 Å². The van der Waals surface area contributed by atoms with Crippen molar-refractivity contribution in [2.24, 2.45) is 0 Å². The Kier molecular flexibility index (Phi) is 4.74. The molecular weight excluding hydrogens is 325 g/mol. The molecule has 0 fully saturated rings. The van der Waals surface area contributed by atoms with Crippen LogP contribution in [-0.4, -0.2) is 27.8 Å². The molecule has 0 aliphatic heterocycles. The molecule has 0 amide bonds. The number of hydrogen-bond donors (Lipinski definition) is 0. The summed E-state index contributed by atoms with van der Waals surface area (Å²) in [5.41, 5.74) is 1.64. The summed E-state index contributed by atoms with van der Waals surface area (Å²) in [4.78, 5) is 15.8. The fourth-order valence-corrected chi connectivity index (χ4v) is 2.24. The summed E-state index contributed by atoms with van der Waals surface area (Å²) in [6.07, 6.45) is 3.04. The van der Waals surface area contributed by atoms with Crippen molar-refractivity contribution in [3.05, 3.63) is 71.3 Å². The van der Waals surface area contributed by atoms with Crippen LogP contribution < -0.4 is 4.74 Å². The predicted octanol–water partition coefficient (Wildman–Crippen LogP) is 3.08. The van der Waals surface area contributed by atoms with Gasteiger partial charge in [0.05, 0.1) is 18.9 Å². The summed E-state index contributed by atoms with van der Waals surface area (Å²) in [6.45, 7) is 1.88. The highest BCUT2D eigenvalue weighted by atomic mass is 19.1. The van der Waals surface area contributed by atoms with Crippen molar-refractivity contribution in [3.8, 4) is 11.7 Å². The van der Waals surface area contributed by atoms with Gasteiger partial charge in [0.15, 0.2) is 5.82 Å². The van der Waals surface area contributed by atoms with Crippen LogP contribution in [0.5, 0.6) is 5.88 Å².